The minimum absolute atomic E-state index is 0.478. The number of aromatic nitrogens is 1. The zero-order valence-electron chi connectivity index (χ0n) is 7.65. The van der Waals surface area contributed by atoms with E-state index in [9.17, 15) is 4.39 Å². The van der Waals surface area contributed by atoms with Crippen molar-refractivity contribution in [2.45, 2.75) is 6.67 Å². The summed E-state index contributed by atoms with van der Waals surface area (Å²) >= 11 is 0. The van der Waals surface area contributed by atoms with Crippen molar-refractivity contribution >= 4 is 0 Å². The first-order chi connectivity index (χ1) is 6.90. The van der Waals surface area contributed by atoms with Crippen LogP contribution in [0.5, 0.6) is 0 Å². The Morgan fingerprint density at radius 3 is 2.43 bits per heavy atom. The number of pyridine rings is 1. The summed E-state index contributed by atoms with van der Waals surface area (Å²) in [7, 11) is 0. The predicted octanol–water partition coefficient (Wildman–Crippen LogP) is 3.22. The first-order valence-electron chi connectivity index (χ1n) is 4.47. The Bertz CT molecular complexity index is 412. The maximum Gasteiger partial charge on any atom is 0.131 e. The minimum Gasteiger partial charge on any atom is -0.250 e. The Balaban J connectivity index is 2.42. The molecule has 0 amide bonds. The second-order valence-corrected chi connectivity index (χ2v) is 3.01. The van der Waals surface area contributed by atoms with Gasteiger partial charge >= 0.3 is 0 Å². The summed E-state index contributed by atoms with van der Waals surface area (Å²) in [5, 5.41) is 0. The van der Waals surface area contributed by atoms with E-state index in [2.05, 4.69) is 4.98 Å². The smallest absolute Gasteiger partial charge is 0.131 e. The van der Waals surface area contributed by atoms with E-state index in [0.29, 0.717) is 5.69 Å². The summed E-state index contributed by atoms with van der Waals surface area (Å²) in [6.07, 6.45) is 0. The van der Waals surface area contributed by atoms with E-state index in [1.54, 1.807) is 6.07 Å². The van der Waals surface area contributed by atoms with Crippen molar-refractivity contribution in [2.24, 2.45) is 0 Å². The van der Waals surface area contributed by atoms with Gasteiger partial charge in [-0.25, -0.2) is 4.39 Å². The predicted molar refractivity (Wildman–Crippen MR) is 54.5 cm³/mol. The highest BCUT2D eigenvalue weighted by atomic mass is 19.1. The molecule has 0 fully saturated rings. The first-order valence-corrected chi connectivity index (χ1v) is 4.47. The van der Waals surface area contributed by atoms with Gasteiger partial charge in [0.2, 0.25) is 0 Å². The molecular formula is C12H10FN. The zero-order valence-corrected chi connectivity index (χ0v) is 7.65. The van der Waals surface area contributed by atoms with E-state index in [-0.39, 0.29) is 0 Å². The Morgan fingerprint density at radius 2 is 1.71 bits per heavy atom. The van der Waals surface area contributed by atoms with Crippen LogP contribution in [-0.4, -0.2) is 4.98 Å². The summed E-state index contributed by atoms with van der Waals surface area (Å²) in [4.78, 5) is 4.19. The van der Waals surface area contributed by atoms with Gasteiger partial charge < -0.3 is 0 Å². The molecule has 0 bridgehead atoms. The van der Waals surface area contributed by atoms with Gasteiger partial charge in [0, 0.05) is 5.56 Å². The normalized spacial score (nSPS) is 10.1. The largest absolute Gasteiger partial charge is 0.250 e. The van der Waals surface area contributed by atoms with Crippen molar-refractivity contribution < 1.29 is 4.39 Å². The van der Waals surface area contributed by atoms with Crippen LogP contribution in [0.25, 0.3) is 11.3 Å². The van der Waals surface area contributed by atoms with Gasteiger partial charge in [0.15, 0.2) is 0 Å². The van der Waals surface area contributed by atoms with Crippen LogP contribution in [0.4, 0.5) is 4.39 Å². The molecule has 0 aliphatic carbocycles. The van der Waals surface area contributed by atoms with Crippen LogP contribution in [0.2, 0.25) is 0 Å². The topological polar surface area (TPSA) is 12.9 Å². The fraction of sp³-hybridized carbons (Fsp3) is 0.0833. The number of alkyl halides is 1. The lowest BCUT2D eigenvalue weighted by atomic mass is 10.1. The lowest BCUT2D eigenvalue weighted by Gasteiger charge is -2.01. The van der Waals surface area contributed by atoms with Crippen LogP contribution < -0.4 is 0 Å². The van der Waals surface area contributed by atoms with Gasteiger partial charge in [-0.1, -0.05) is 36.4 Å². The fourth-order valence-corrected chi connectivity index (χ4v) is 1.32. The van der Waals surface area contributed by atoms with Gasteiger partial charge in [-0.2, -0.15) is 0 Å². The van der Waals surface area contributed by atoms with Crippen LogP contribution in [0.15, 0.2) is 48.5 Å². The summed E-state index contributed by atoms with van der Waals surface area (Å²) in [6, 6.07) is 15.2. The monoisotopic (exact) mass is 187 g/mol. The van der Waals surface area contributed by atoms with Crippen LogP contribution in [0.3, 0.4) is 0 Å². The molecule has 14 heavy (non-hydrogen) atoms. The molecule has 0 aliphatic rings. The Hall–Kier alpha value is -1.70. The molecule has 0 radical (unpaired) electrons. The average Bonchev–Trinajstić information content (AvgIpc) is 2.30. The molecule has 1 aromatic heterocycles. The van der Waals surface area contributed by atoms with Crippen molar-refractivity contribution in [3.63, 3.8) is 0 Å². The second-order valence-electron chi connectivity index (χ2n) is 3.01. The number of rotatable bonds is 2. The lowest BCUT2D eigenvalue weighted by Crippen LogP contribution is -1.88. The van der Waals surface area contributed by atoms with Crippen molar-refractivity contribution in [2.75, 3.05) is 0 Å². The number of halogens is 1. The molecule has 0 unspecified atom stereocenters. The van der Waals surface area contributed by atoms with Crippen molar-refractivity contribution in [1.82, 2.24) is 4.98 Å². The van der Waals surface area contributed by atoms with Crippen LogP contribution in [-0.2, 0) is 6.67 Å². The van der Waals surface area contributed by atoms with Gasteiger partial charge in [0.05, 0.1) is 11.4 Å². The van der Waals surface area contributed by atoms with Gasteiger partial charge in [-0.05, 0) is 12.1 Å². The number of nitrogens with zero attached hydrogens (tertiary/aromatic N) is 1. The molecule has 0 aliphatic heterocycles. The van der Waals surface area contributed by atoms with Gasteiger partial charge in [-0.15, -0.1) is 0 Å². The molecule has 0 N–H and O–H groups in total. The molecular weight excluding hydrogens is 177 g/mol. The first kappa shape index (κ1) is 8.88. The highest BCUT2D eigenvalue weighted by Gasteiger charge is 1.99. The summed E-state index contributed by atoms with van der Waals surface area (Å²) in [6.45, 7) is -0.513. The molecule has 1 heterocycles. The third-order valence-corrected chi connectivity index (χ3v) is 2.01. The standard InChI is InChI=1S/C12H10FN/c13-9-11-7-4-8-12(14-11)10-5-2-1-3-6-10/h1-8H,9H2. The quantitative estimate of drug-likeness (QED) is 0.703. The Labute approximate surface area is 82.2 Å². The van der Waals surface area contributed by atoms with Crippen molar-refractivity contribution in [3.8, 4) is 11.3 Å². The third-order valence-electron chi connectivity index (χ3n) is 2.01. The average molecular weight is 187 g/mol. The molecule has 0 spiro atoms. The molecule has 1 aromatic carbocycles. The van der Waals surface area contributed by atoms with Gasteiger partial charge in [0.1, 0.15) is 6.67 Å². The third kappa shape index (κ3) is 1.79. The van der Waals surface area contributed by atoms with Crippen LogP contribution in [0, 0.1) is 0 Å². The lowest BCUT2D eigenvalue weighted by molar-refractivity contribution is 0.476. The summed E-state index contributed by atoms with van der Waals surface area (Å²) in [5.41, 5.74) is 2.31. The van der Waals surface area contributed by atoms with E-state index < -0.39 is 6.67 Å². The summed E-state index contributed by atoms with van der Waals surface area (Å²) in [5.74, 6) is 0. The Morgan fingerprint density at radius 1 is 0.929 bits per heavy atom. The molecule has 2 heteroatoms. The highest BCUT2D eigenvalue weighted by molar-refractivity contribution is 5.58. The molecule has 0 saturated carbocycles. The number of benzene rings is 1. The molecule has 1 nitrogen and oxygen atoms in total. The van der Waals surface area contributed by atoms with Crippen LogP contribution >= 0.6 is 0 Å². The summed E-state index contributed by atoms with van der Waals surface area (Å²) < 4.78 is 12.4. The second kappa shape index (κ2) is 4.01. The van der Waals surface area contributed by atoms with E-state index in [4.69, 9.17) is 0 Å². The highest BCUT2D eigenvalue weighted by Crippen LogP contribution is 2.16. The molecule has 70 valence electrons. The maximum atomic E-state index is 12.4. The Kier molecular flexibility index (Phi) is 2.54. The van der Waals surface area contributed by atoms with E-state index in [1.807, 2.05) is 42.5 Å². The molecule has 2 rings (SSSR count). The van der Waals surface area contributed by atoms with E-state index >= 15 is 0 Å². The van der Waals surface area contributed by atoms with E-state index in [1.165, 1.54) is 0 Å². The SMILES string of the molecule is FCc1cccc(-c2ccccc2)n1. The minimum atomic E-state index is -0.513. The fourth-order valence-electron chi connectivity index (χ4n) is 1.32. The maximum absolute atomic E-state index is 12.4. The van der Waals surface area contributed by atoms with E-state index in [0.717, 1.165) is 11.3 Å². The molecule has 0 atom stereocenters. The van der Waals surface area contributed by atoms with Crippen molar-refractivity contribution in [3.05, 3.63) is 54.2 Å². The number of hydrogen-bond acceptors (Lipinski definition) is 1. The van der Waals surface area contributed by atoms with Crippen LogP contribution in [0.1, 0.15) is 5.69 Å². The molecule has 2 aromatic rings. The van der Waals surface area contributed by atoms with Crippen molar-refractivity contribution in [1.29, 1.82) is 0 Å². The van der Waals surface area contributed by atoms with Gasteiger partial charge in [-0.3, -0.25) is 4.98 Å². The van der Waals surface area contributed by atoms with Gasteiger partial charge in [0.25, 0.3) is 0 Å². The molecule has 0 saturated heterocycles. The number of hydrogen-bond donors (Lipinski definition) is 0. The zero-order chi connectivity index (χ0) is 9.80.